The molecule has 1 amide bonds. The summed E-state index contributed by atoms with van der Waals surface area (Å²) >= 11 is 0. The third kappa shape index (κ3) is 3.17. The summed E-state index contributed by atoms with van der Waals surface area (Å²) in [6.07, 6.45) is 1.21. The second kappa shape index (κ2) is 6.18. The highest BCUT2D eigenvalue weighted by atomic mass is 19.1. The first kappa shape index (κ1) is 13.9. The molecule has 108 valence electrons. The first-order chi connectivity index (χ1) is 10.7. The van der Waals surface area contributed by atoms with Gasteiger partial charge in [0, 0.05) is 11.9 Å². The first-order valence-corrected chi connectivity index (χ1v) is 6.81. The molecule has 0 bridgehead atoms. The molecule has 22 heavy (non-hydrogen) atoms. The summed E-state index contributed by atoms with van der Waals surface area (Å²) in [4.78, 5) is 15.5. The SMILES string of the molecule is O=C(Nc1ccc(-c2ccccc2)cc1)c1ccc(F)nc1. The van der Waals surface area contributed by atoms with Crippen LogP contribution in [0.2, 0.25) is 0 Å². The lowest BCUT2D eigenvalue weighted by molar-refractivity contribution is 0.102. The number of pyridine rings is 1. The average molecular weight is 292 g/mol. The maximum atomic E-state index is 12.7. The van der Waals surface area contributed by atoms with Crippen molar-refractivity contribution in [3.05, 3.63) is 84.4 Å². The van der Waals surface area contributed by atoms with Crippen LogP contribution in [0.3, 0.4) is 0 Å². The smallest absolute Gasteiger partial charge is 0.257 e. The van der Waals surface area contributed by atoms with Gasteiger partial charge in [0.2, 0.25) is 5.95 Å². The minimum atomic E-state index is -0.608. The third-order valence-electron chi connectivity index (χ3n) is 3.24. The molecule has 3 aromatic rings. The molecule has 0 unspecified atom stereocenters. The van der Waals surface area contributed by atoms with E-state index >= 15 is 0 Å². The van der Waals surface area contributed by atoms with Gasteiger partial charge in [-0.05, 0) is 35.4 Å². The van der Waals surface area contributed by atoms with Gasteiger partial charge in [-0.25, -0.2) is 4.98 Å². The number of anilines is 1. The standard InChI is InChI=1S/C18H13FN2O/c19-17-11-8-15(12-20-17)18(22)21-16-9-6-14(7-10-16)13-4-2-1-3-5-13/h1-12H,(H,21,22). The quantitative estimate of drug-likeness (QED) is 0.737. The lowest BCUT2D eigenvalue weighted by Crippen LogP contribution is -2.12. The van der Waals surface area contributed by atoms with Crippen molar-refractivity contribution < 1.29 is 9.18 Å². The molecule has 0 fully saturated rings. The van der Waals surface area contributed by atoms with Crippen LogP contribution in [-0.2, 0) is 0 Å². The highest BCUT2D eigenvalue weighted by Gasteiger charge is 2.07. The van der Waals surface area contributed by atoms with Crippen LogP contribution in [0.25, 0.3) is 11.1 Å². The first-order valence-electron chi connectivity index (χ1n) is 6.81. The van der Waals surface area contributed by atoms with Crippen molar-refractivity contribution in [3.63, 3.8) is 0 Å². The number of aromatic nitrogens is 1. The minimum Gasteiger partial charge on any atom is -0.322 e. The zero-order valence-corrected chi connectivity index (χ0v) is 11.7. The number of rotatable bonds is 3. The minimum absolute atomic E-state index is 0.313. The number of nitrogens with one attached hydrogen (secondary N) is 1. The molecular weight excluding hydrogens is 279 g/mol. The second-order valence-corrected chi connectivity index (χ2v) is 4.77. The summed E-state index contributed by atoms with van der Waals surface area (Å²) in [5.74, 6) is -0.927. The van der Waals surface area contributed by atoms with E-state index in [4.69, 9.17) is 0 Å². The molecule has 0 saturated heterocycles. The zero-order valence-electron chi connectivity index (χ0n) is 11.7. The molecule has 2 aromatic carbocycles. The van der Waals surface area contributed by atoms with Crippen LogP contribution in [0.4, 0.5) is 10.1 Å². The van der Waals surface area contributed by atoms with Crippen molar-refractivity contribution in [2.45, 2.75) is 0 Å². The van der Waals surface area contributed by atoms with Gasteiger partial charge in [0.15, 0.2) is 0 Å². The average Bonchev–Trinajstić information content (AvgIpc) is 2.57. The van der Waals surface area contributed by atoms with Gasteiger partial charge in [-0.2, -0.15) is 4.39 Å². The van der Waals surface area contributed by atoms with Crippen LogP contribution < -0.4 is 5.32 Å². The largest absolute Gasteiger partial charge is 0.322 e. The van der Waals surface area contributed by atoms with Crippen molar-refractivity contribution in [3.8, 4) is 11.1 Å². The van der Waals surface area contributed by atoms with Crippen molar-refractivity contribution >= 4 is 11.6 Å². The van der Waals surface area contributed by atoms with Gasteiger partial charge in [-0.3, -0.25) is 4.79 Å². The van der Waals surface area contributed by atoms with Gasteiger partial charge >= 0.3 is 0 Å². The van der Waals surface area contributed by atoms with Crippen molar-refractivity contribution in [2.24, 2.45) is 0 Å². The number of hydrogen-bond donors (Lipinski definition) is 1. The molecule has 0 aliphatic carbocycles. The number of amides is 1. The van der Waals surface area contributed by atoms with E-state index in [0.717, 1.165) is 17.2 Å². The summed E-state index contributed by atoms with van der Waals surface area (Å²) in [6, 6.07) is 20.1. The second-order valence-electron chi connectivity index (χ2n) is 4.77. The van der Waals surface area contributed by atoms with E-state index in [1.807, 2.05) is 54.6 Å². The Morgan fingerprint density at radius 2 is 1.55 bits per heavy atom. The Hall–Kier alpha value is -3.01. The van der Waals surface area contributed by atoms with E-state index in [1.54, 1.807) is 0 Å². The summed E-state index contributed by atoms with van der Waals surface area (Å²) in [6.45, 7) is 0. The van der Waals surface area contributed by atoms with Gasteiger partial charge in [-0.1, -0.05) is 42.5 Å². The molecule has 0 aliphatic rings. The topological polar surface area (TPSA) is 42.0 Å². The van der Waals surface area contributed by atoms with Gasteiger partial charge < -0.3 is 5.32 Å². The summed E-state index contributed by atoms with van der Waals surface area (Å²) in [5.41, 5.74) is 3.17. The number of hydrogen-bond acceptors (Lipinski definition) is 2. The molecule has 4 heteroatoms. The molecule has 1 heterocycles. The Morgan fingerprint density at radius 1 is 0.864 bits per heavy atom. The van der Waals surface area contributed by atoms with Crippen LogP contribution in [0.1, 0.15) is 10.4 Å². The monoisotopic (exact) mass is 292 g/mol. The van der Waals surface area contributed by atoms with Crippen molar-refractivity contribution in [1.29, 1.82) is 0 Å². The lowest BCUT2D eigenvalue weighted by atomic mass is 10.1. The van der Waals surface area contributed by atoms with Gasteiger partial charge in [0.05, 0.1) is 5.56 Å². The fourth-order valence-electron chi connectivity index (χ4n) is 2.09. The van der Waals surface area contributed by atoms with Crippen LogP contribution in [-0.4, -0.2) is 10.9 Å². The van der Waals surface area contributed by atoms with Crippen molar-refractivity contribution in [2.75, 3.05) is 5.32 Å². The van der Waals surface area contributed by atoms with E-state index in [-0.39, 0.29) is 5.91 Å². The fourth-order valence-corrected chi connectivity index (χ4v) is 2.09. The van der Waals surface area contributed by atoms with E-state index in [9.17, 15) is 9.18 Å². The Balaban J connectivity index is 1.73. The Kier molecular flexibility index (Phi) is 3.92. The van der Waals surface area contributed by atoms with Crippen LogP contribution >= 0.6 is 0 Å². The number of halogens is 1. The van der Waals surface area contributed by atoms with Crippen molar-refractivity contribution in [1.82, 2.24) is 4.98 Å². The molecule has 0 aliphatic heterocycles. The summed E-state index contributed by atoms with van der Waals surface area (Å²) in [7, 11) is 0. The third-order valence-corrected chi connectivity index (χ3v) is 3.24. The molecule has 1 aromatic heterocycles. The number of carbonyl (C=O) groups is 1. The number of benzene rings is 2. The van der Waals surface area contributed by atoms with Crippen LogP contribution in [0, 0.1) is 5.95 Å². The lowest BCUT2D eigenvalue weighted by Gasteiger charge is -2.07. The predicted octanol–water partition coefficient (Wildman–Crippen LogP) is 4.14. The summed E-state index contributed by atoms with van der Waals surface area (Å²) in [5, 5.41) is 2.75. The molecule has 1 N–H and O–H groups in total. The predicted molar refractivity (Wildman–Crippen MR) is 84.0 cm³/mol. The Labute approximate surface area is 127 Å². The number of nitrogens with zero attached hydrogens (tertiary/aromatic N) is 1. The van der Waals surface area contributed by atoms with E-state index in [0.29, 0.717) is 11.3 Å². The maximum Gasteiger partial charge on any atom is 0.257 e. The van der Waals surface area contributed by atoms with Gasteiger partial charge in [0.1, 0.15) is 0 Å². The molecule has 3 nitrogen and oxygen atoms in total. The zero-order chi connectivity index (χ0) is 15.4. The van der Waals surface area contributed by atoms with E-state index in [2.05, 4.69) is 10.3 Å². The maximum absolute atomic E-state index is 12.7. The Morgan fingerprint density at radius 3 is 2.18 bits per heavy atom. The molecule has 0 spiro atoms. The molecule has 0 saturated carbocycles. The Bertz CT molecular complexity index is 768. The molecule has 0 atom stereocenters. The van der Waals surface area contributed by atoms with Gasteiger partial charge in [-0.15, -0.1) is 0 Å². The highest BCUT2D eigenvalue weighted by molar-refractivity contribution is 6.04. The molecular formula is C18H13FN2O. The molecule has 0 radical (unpaired) electrons. The highest BCUT2D eigenvalue weighted by Crippen LogP contribution is 2.21. The fraction of sp³-hybridized carbons (Fsp3) is 0. The molecule has 3 rings (SSSR count). The van der Waals surface area contributed by atoms with E-state index < -0.39 is 5.95 Å². The van der Waals surface area contributed by atoms with Crippen LogP contribution in [0.5, 0.6) is 0 Å². The number of carbonyl (C=O) groups excluding carboxylic acids is 1. The normalized spacial score (nSPS) is 10.2. The van der Waals surface area contributed by atoms with Crippen LogP contribution in [0.15, 0.2) is 72.9 Å². The van der Waals surface area contributed by atoms with E-state index in [1.165, 1.54) is 12.3 Å². The summed E-state index contributed by atoms with van der Waals surface area (Å²) < 4.78 is 12.7. The van der Waals surface area contributed by atoms with Gasteiger partial charge in [0.25, 0.3) is 5.91 Å².